The van der Waals surface area contributed by atoms with Gasteiger partial charge < -0.3 is 10.5 Å². The van der Waals surface area contributed by atoms with Crippen LogP contribution in [0, 0.1) is 0 Å². The lowest BCUT2D eigenvalue weighted by molar-refractivity contribution is -0.149. The van der Waals surface area contributed by atoms with Gasteiger partial charge in [0.15, 0.2) is 0 Å². The third-order valence-corrected chi connectivity index (χ3v) is 3.52. The van der Waals surface area contributed by atoms with Crippen LogP contribution in [-0.4, -0.2) is 6.18 Å². The Hall–Kier alpha value is -1.43. The molecule has 0 unspecified atom stereocenters. The lowest BCUT2D eigenvalue weighted by Gasteiger charge is -2.17. The van der Waals surface area contributed by atoms with Crippen molar-refractivity contribution in [2.75, 3.05) is 0 Å². The van der Waals surface area contributed by atoms with Crippen LogP contribution in [-0.2, 0) is 6.61 Å². The highest BCUT2D eigenvalue weighted by Gasteiger charge is 2.38. The van der Waals surface area contributed by atoms with E-state index in [1.165, 1.54) is 12.1 Å². The van der Waals surface area contributed by atoms with Gasteiger partial charge in [-0.2, -0.15) is 13.2 Å². The second kappa shape index (κ2) is 6.77. The van der Waals surface area contributed by atoms with Gasteiger partial charge in [-0.25, -0.2) is 0 Å². The zero-order chi connectivity index (χ0) is 16.3. The number of hydrogen-bond acceptors (Lipinski definition) is 2. The third-order valence-electron chi connectivity index (χ3n) is 2.98. The number of ether oxygens (including phenoxy) is 1. The number of rotatable bonds is 4. The highest BCUT2D eigenvalue weighted by Crippen LogP contribution is 2.34. The molecule has 0 aliphatic carbocycles. The molecule has 7 heteroatoms. The lowest BCUT2D eigenvalue weighted by Crippen LogP contribution is -2.28. The summed E-state index contributed by atoms with van der Waals surface area (Å²) in [6.07, 6.45) is -4.52. The zero-order valence-electron chi connectivity index (χ0n) is 11.2. The monoisotopic (exact) mass is 349 g/mol. The van der Waals surface area contributed by atoms with Gasteiger partial charge in [0.25, 0.3) is 0 Å². The van der Waals surface area contributed by atoms with E-state index in [0.717, 1.165) is 11.6 Å². The fourth-order valence-electron chi connectivity index (χ4n) is 1.76. The quantitative estimate of drug-likeness (QED) is 0.829. The smallest absolute Gasteiger partial charge is 0.407 e. The van der Waals surface area contributed by atoms with Crippen LogP contribution in [0.15, 0.2) is 42.5 Å². The Morgan fingerprint density at radius 3 is 2.23 bits per heavy atom. The van der Waals surface area contributed by atoms with E-state index in [0.29, 0.717) is 5.02 Å². The number of hydrogen-bond donors (Lipinski definition) is 1. The van der Waals surface area contributed by atoms with Crippen molar-refractivity contribution in [1.82, 2.24) is 0 Å². The van der Waals surface area contributed by atoms with Crippen LogP contribution in [0.5, 0.6) is 5.75 Å². The molecule has 0 spiro atoms. The van der Waals surface area contributed by atoms with E-state index in [2.05, 4.69) is 0 Å². The minimum Gasteiger partial charge on any atom is -0.487 e. The Labute approximate surface area is 135 Å². The standard InChI is InChI=1S/C15H12Cl2F3NO/c16-11-4-1-9(2-5-11)8-22-13-6-3-10(7-12(13)17)14(21)15(18,19)20/h1-7,14H,8,21H2/t14-/m0/s1. The molecule has 118 valence electrons. The van der Waals surface area contributed by atoms with Gasteiger partial charge in [-0.1, -0.05) is 41.4 Å². The minimum atomic E-state index is -4.52. The molecule has 0 amide bonds. The van der Waals surface area contributed by atoms with Gasteiger partial charge in [0.2, 0.25) is 0 Å². The van der Waals surface area contributed by atoms with Crippen molar-refractivity contribution < 1.29 is 17.9 Å². The van der Waals surface area contributed by atoms with Crippen molar-refractivity contribution in [3.8, 4) is 5.75 Å². The predicted molar refractivity (Wildman–Crippen MR) is 80.2 cm³/mol. The number of benzene rings is 2. The molecule has 1 atom stereocenters. The Balaban J connectivity index is 2.08. The van der Waals surface area contributed by atoms with E-state index < -0.39 is 12.2 Å². The maximum atomic E-state index is 12.6. The van der Waals surface area contributed by atoms with Gasteiger partial charge >= 0.3 is 6.18 Å². The predicted octanol–water partition coefficient (Wildman–Crippen LogP) is 5.13. The number of halogens is 5. The second-order valence-electron chi connectivity index (χ2n) is 4.62. The molecule has 0 aliphatic heterocycles. The highest BCUT2D eigenvalue weighted by atomic mass is 35.5. The Kier molecular flexibility index (Phi) is 5.21. The van der Waals surface area contributed by atoms with Crippen molar-refractivity contribution in [2.45, 2.75) is 18.8 Å². The summed E-state index contributed by atoms with van der Waals surface area (Å²) in [6.45, 7) is 0.224. The van der Waals surface area contributed by atoms with Gasteiger partial charge in [-0.15, -0.1) is 0 Å². The first-order valence-electron chi connectivity index (χ1n) is 6.26. The SMILES string of the molecule is N[C@@H](c1ccc(OCc2ccc(Cl)cc2)c(Cl)c1)C(F)(F)F. The van der Waals surface area contributed by atoms with E-state index in [4.69, 9.17) is 33.7 Å². The van der Waals surface area contributed by atoms with Crippen LogP contribution in [0.2, 0.25) is 10.0 Å². The zero-order valence-corrected chi connectivity index (χ0v) is 12.7. The van der Waals surface area contributed by atoms with Crippen LogP contribution in [0.25, 0.3) is 0 Å². The normalized spacial score (nSPS) is 13.0. The maximum Gasteiger partial charge on any atom is 0.407 e. The molecule has 0 aliphatic rings. The Morgan fingerprint density at radius 2 is 1.68 bits per heavy atom. The Bertz CT molecular complexity index is 644. The fourth-order valence-corrected chi connectivity index (χ4v) is 2.13. The van der Waals surface area contributed by atoms with Crippen molar-refractivity contribution in [1.29, 1.82) is 0 Å². The van der Waals surface area contributed by atoms with E-state index in [1.54, 1.807) is 24.3 Å². The van der Waals surface area contributed by atoms with Crippen LogP contribution in [0.3, 0.4) is 0 Å². The van der Waals surface area contributed by atoms with Crippen molar-refractivity contribution >= 4 is 23.2 Å². The van der Waals surface area contributed by atoms with Gasteiger partial charge in [-0.05, 0) is 35.4 Å². The first-order valence-corrected chi connectivity index (χ1v) is 7.02. The van der Waals surface area contributed by atoms with Crippen LogP contribution < -0.4 is 10.5 Å². The highest BCUT2D eigenvalue weighted by molar-refractivity contribution is 6.32. The van der Waals surface area contributed by atoms with E-state index in [1.807, 2.05) is 0 Å². The summed E-state index contributed by atoms with van der Waals surface area (Å²) in [5, 5.41) is 0.679. The maximum absolute atomic E-state index is 12.6. The molecule has 2 aromatic rings. The molecule has 2 aromatic carbocycles. The summed E-state index contributed by atoms with van der Waals surface area (Å²) in [7, 11) is 0. The summed E-state index contributed by atoms with van der Waals surface area (Å²) in [5.41, 5.74) is 5.88. The minimum absolute atomic E-state index is 0.0752. The van der Waals surface area contributed by atoms with Gasteiger partial charge in [0.05, 0.1) is 5.02 Å². The molecule has 0 bridgehead atoms. The van der Waals surface area contributed by atoms with Crippen molar-refractivity contribution in [2.24, 2.45) is 5.73 Å². The van der Waals surface area contributed by atoms with Crippen LogP contribution in [0.1, 0.15) is 17.2 Å². The molecule has 0 aromatic heterocycles. The number of alkyl halides is 3. The molecule has 0 fully saturated rings. The van der Waals surface area contributed by atoms with Crippen molar-refractivity contribution in [3.05, 3.63) is 63.6 Å². The van der Waals surface area contributed by atoms with E-state index in [-0.39, 0.29) is 22.9 Å². The average Bonchev–Trinajstić information content (AvgIpc) is 2.46. The molecule has 2 N–H and O–H groups in total. The molecule has 2 rings (SSSR count). The van der Waals surface area contributed by atoms with E-state index >= 15 is 0 Å². The second-order valence-corrected chi connectivity index (χ2v) is 5.47. The molecule has 2 nitrogen and oxygen atoms in total. The molecular weight excluding hydrogens is 338 g/mol. The summed E-state index contributed by atoms with van der Waals surface area (Å²) in [4.78, 5) is 0. The molecule has 22 heavy (non-hydrogen) atoms. The molecule has 0 saturated heterocycles. The molecule has 0 heterocycles. The summed E-state index contributed by atoms with van der Waals surface area (Å²) >= 11 is 11.7. The summed E-state index contributed by atoms with van der Waals surface area (Å²) in [6, 6.07) is 8.71. The topological polar surface area (TPSA) is 35.2 Å². The molecular formula is C15H12Cl2F3NO. The average molecular weight is 350 g/mol. The summed E-state index contributed by atoms with van der Waals surface area (Å²) in [5.74, 6) is 0.287. The molecule has 0 radical (unpaired) electrons. The molecule has 0 saturated carbocycles. The fraction of sp³-hybridized carbons (Fsp3) is 0.200. The first-order chi connectivity index (χ1) is 10.3. The Morgan fingerprint density at radius 1 is 1.05 bits per heavy atom. The van der Waals surface area contributed by atoms with Gasteiger partial charge in [0, 0.05) is 5.02 Å². The van der Waals surface area contributed by atoms with Crippen LogP contribution in [0.4, 0.5) is 13.2 Å². The first kappa shape index (κ1) is 16.9. The lowest BCUT2D eigenvalue weighted by atomic mass is 10.1. The van der Waals surface area contributed by atoms with Gasteiger partial charge in [0.1, 0.15) is 18.4 Å². The summed E-state index contributed by atoms with van der Waals surface area (Å²) < 4.78 is 43.2. The third kappa shape index (κ3) is 4.29. The van der Waals surface area contributed by atoms with E-state index in [9.17, 15) is 13.2 Å². The number of nitrogens with two attached hydrogens (primary N) is 1. The van der Waals surface area contributed by atoms with Crippen LogP contribution >= 0.6 is 23.2 Å². The van der Waals surface area contributed by atoms with Crippen molar-refractivity contribution in [3.63, 3.8) is 0 Å². The largest absolute Gasteiger partial charge is 0.487 e. The van der Waals surface area contributed by atoms with Gasteiger partial charge in [-0.3, -0.25) is 0 Å².